The zero-order valence-electron chi connectivity index (χ0n) is 10.3. The van der Waals surface area contributed by atoms with Crippen molar-refractivity contribution in [2.45, 2.75) is 44.0 Å². The summed E-state index contributed by atoms with van der Waals surface area (Å²) in [5, 5.41) is 6.40. The van der Waals surface area contributed by atoms with Crippen LogP contribution >= 0.6 is 0 Å². The zero-order chi connectivity index (χ0) is 12.4. The van der Waals surface area contributed by atoms with E-state index in [1.54, 1.807) is 0 Å². The van der Waals surface area contributed by atoms with Gasteiger partial charge in [-0.3, -0.25) is 0 Å². The van der Waals surface area contributed by atoms with Crippen LogP contribution in [0.1, 0.15) is 24.8 Å². The number of carbonyl (C=O) groups is 1. The Labute approximate surface area is 107 Å². The number of benzene rings is 1. The molecule has 96 valence electrons. The Hall–Kier alpha value is -1.55. The van der Waals surface area contributed by atoms with E-state index >= 15 is 0 Å². The number of hydrogen-bond donors (Lipinski definition) is 2. The fourth-order valence-corrected chi connectivity index (χ4v) is 2.81. The number of amides is 1. The molecule has 4 rings (SSSR count). The molecule has 3 aliphatic rings. The van der Waals surface area contributed by atoms with Crippen LogP contribution in [-0.2, 0) is 11.3 Å². The van der Waals surface area contributed by atoms with Crippen molar-refractivity contribution in [3.63, 3.8) is 0 Å². The van der Waals surface area contributed by atoms with E-state index in [0.717, 1.165) is 18.4 Å². The first-order chi connectivity index (χ1) is 8.79. The Morgan fingerprint density at radius 1 is 1.22 bits per heavy atom. The van der Waals surface area contributed by atoms with E-state index in [-0.39, 0.29) is 12.1 Å². The SMILES string of the molecule is O=C(NC1C[C@@H]2C[C@H](C1)N2)OCc1ccccc1. The molecule has 0 radical (unpaired) electrons. The second kappa shape index (κ2) is 4.98. The standard InChI is InChI=1S/C14H18N2O2/c17-14(18-9-10-4-2-1-3-5-10)16-13-7-11-6-12(8-13)15-11/h1-5,11-13,15H,6-9H2,(H,16,17)/t11-,12+,13?. The fourth-order valence-electron chi connectivity index (χ4n) is 2.81. The molecule has 1 aliphatic carbocycles. The lowest BCUT2D eigenvalue weighted by molar-refractivity contribution is 0.112. The molecule has 3 fully saturated rings. The molecular weight excluding hydrogens is 228 g/mol. The summed E-state index contributed by atoms with van der Waals surface area (Å²) in [6, 6.07) is 11.2. The number of nitrogens with one attached hydrogen (secondary N) is 2. The van der Waals surface area contributed by atoms with Gasteiger partial charge in [0, 0.05) is 18.1 Å². The number of hydrogen-bond acceptors (Lipinski definition) is 3. The Bertz CT molecular complexity index is 405. The number of piperidine rings is 1. The van der Waals surface area contributed by atoms with Crippen LogP contribution in [0, 0.1) is 0 Å². The number of alkyl carbamates (subject to hydrolysis) is 1. The molecule has 3 atom stereocenters. The highest BCUT2D eigenvalue weighted by molar-refractivity contribution is 5.67. The molecule has 2 aliphatic heterocycles. The summed E-state index contributed by atoms with van der Waals surface area (Å²) in [5.74, 6) is 0. The van der Waals surface area contributed by atoms with Gasteiger partial charge in [-0.2, -0.15) is 0 Å². The molecule has 1 aromatic carbocycles. The monoisotopic (exact) mass is 246 g/mol. The van der Waals surface area contributed by atoms with Gasteiger partial charge in [-0.1, -0.05) is 30.3 Å². The van der Waals surface area contributed by atoms with E-state index in [2.05, 4.69) is 10.6 Å². The Kier molecular flexibility index (Phi) is 3.19. The van der Waals surface area contributed by atoms with Crippen LogP contribution in [0.3, 0.4) is 0 Å². The quantitative estimate of drug-likeness (QED) is 0.855. The van der Waals surface area contributed by atoms with Crippen LogP contribution in [0.4, 0.5) is 4.79 Å². The van der Waals surface area contributed by atoms with Gasteiger partial charge in [0.25, 0.3) is 0 Å². The first kappa shape index (κ1) is 11.5. The molecule has 1 aromatic rings. The number of ether oxygens (including phenoxy) is 1. The normalized spacial score (nSPS) is 29.2. The van der Waals surface area contributed by atoms with Crippen molar-refractivity contribution in [3.05, 3.63) is 35.9 Å². The molecule has 1 saturated carbocycles. The van der Waals surface area contributed by atoms with E-state index in [0.29, 0.717) is 18.7 Å². The van der Waals surface area contributed by atoms with Gasteiger partial charge in [0.05, 0.1) is 0 Å². The molecule has 2 N–H and O–H groups in total. The van der Waals surface area contributed by atoms with Gasteiger partial charge < -0.3 is 15.4 Å². The second-order valence-electron chi connectivity index (χ2n) is 5.17. The van der Waals surface area contributed by atoms with Gasteiger partial charge in [-0.05, 0) is 24.8 Å². The lowest BCUT2D eigenvalue weighted by Crippen LogP contribution is -2.62. The maximum absolute atomic E-state index is 11.7. The average Bonchev–Trinajstić information content (AvgIpc) is 2.37. The molecule has 2 bridgehead atoms. The van der Waals surface area contributed by atoms with E-state index in [9.17, 15) is 4.79 Å². The van der Waals surface area contributed by atoms with Gasteiger partial charge in [0.1, 0.15) is 6.61 Å². The molecule has 1 amide bonds. The number of rotatable bonds is 3. The van der Waals surface area contributed by atoms with Crippen LogP contribution in [0.5, 0.6) is 0 Å². The summed E-state index contributed by atoms with van der Waals surface area (Å²) in [7, 11) is 0. The molecule has 1 unspecified atom stereocenters. The van der Waals surface area contributed by atoms with Gasteiger partial charge in [-0.15, -0.1) is 0 Å². The van der Waals surface area contributed by atoms with Gasteiger partial charge in [0.2, 0.25) is 0 Å². The van der Waals surface area contributed by atoms with Crippen molar-refractivity contribution < 1.29 is 9.53 Å². The second-order valence-corrected chi connectivity index (χ2v) is 5.17. The topological polar surface area (TPSA) is 50.4 Å². The minimum Gasteiger partial charge on any atom is -0.445 e. The van der Waals surface area contributed by atoms with Crippen molar-refractivity contribution in [1.82, 2.24) is 10.6 Å². The Morgan fingerprint density at radius 2 is 1.89 bits per heavy atom. The predicted octanol–water partition coefficient (Wildman–Crippen LogP) is 1.81. The predicted molar refractivity (Wildman–Crippen MR) is 68.1 cm³/mol. The molecule has 4 nitrogen and oxygen atoms in total. The minimum atomic E-state index is -0.301. The van der Waals surface area contributed by atoms with Crippen molar-refractivity contribution in [2.24, 2.45) is 0 Å². The van der Waals surface area contributed by atoms with E-state index in [1.165, 1.54) is 6.42 Å². The summed E-state index contributed by atoms with van der Waals surface area (Å²) < 4.78 is 5.21. The zero-order valence-corrected chi connectivity index (χ0v) is 10.3. The van der Waals surface area contributed by atoms with Gasteiger partial charge in [0.15, 0.2) is 0 Å². The lowest BCUT2D eigenvalue weighted by atomic mass is 9.80. The summed E-state index contributed by atoms with van der Waals surface area (Å²) in [6.45, 7) is 0.338. The summed E-state index contributed by atoms with van der Waals surface area (Å²) in [5.41, 5.74) is 1.01. The first-order valence-electron chi connectivity index (χ1n) is 6.53. The largest absolute Gasteiger partial charge is 0.445 e. The fraction of sp³-hybridized carbons (Fsp3) is 0.500. The summed E-state index contributed by atoms with van der Waals surface area (Å²) >= 11 is 0. The third-order valence-electron chi connectivity index (χ3n) is 3.71. The Morgan fingerprint density at radius 3 is 2.56 bits per heavy atom. The average molecular weight is 246 g/mol. The van der Waals surface area contributed by atoms with Gasteiger partial charge in [-0.25, -0.2) is 4.79 Å². The van der Waals surface area contributed by atoms with Crippen LogP contribution < -0.4 is 10.6 Å². The number of carbonyl (C=O) groups excluding carboxylic acids is 1. The van der Waals surface area contributed by atoms with Crippen LogP contribution in [0.15, 0.2) is 30.3 Å². The van der Waals surface area contributed by atoms with Crippen molar-refractivity contribution in [2.75, 3.05) is 0 Å². The van der Waals surface area contributed by atoms with Gasteiger partial charge >= 0.3 is 6.09 Å². The maximum Gasteiger partial charge on any atom is 0.407 e. The molecule has 2 heterocycles. The summed E-state index contributed by atoms with van der Waals surface area (Å²) in [6.07, 6.45) is 3.01. The third-order valence-corrected chi connectivity index (χ3v) is 3.71. The number of fused-ring (bicyclic) bond motifs is 2. The maximum atomic E-state index is 11.7. The smallest absolute Gasteiger partial charge is 0.407 e. The first-order valence-corrected chi connectivity index (χ1v) is 6.53. The molecule has 0 spiro atoms. The van der Waals surface area contributed by atoms with Crippen LogP contribution in [-0.4, -0.2) is 24.2 Å². The van der Waals surface area contributed by atoms with E-state index in [1.807, 2.05) is 30.3 Å². The lowest BCUT2D eigenvalue weighted by Gasteiger charge is -2.46. The van der Waals surface area contributed by atoms with Crippen LogP contribution in [0.25, 0.3) is 0 Å². The molecule has 2 saturated heterocycles. The van der Waals surface area contributed by atoms with Crippen molar-refractivity contribution in [1.29, 1.82) is 0 Å². The van der Waals surface area contributed by atoms with E-state index in [4.69, 9.17) is 4.74 Å². The highest BCUT2D eigenvalue weighted by Crippen LogP contribution is 2.28. The molecule has 18 heavy (non-hydrogen) atoms. The van der Waals surface area contributed by atoms with E-state index < -0.39 is 0 Å². The summed E-state index contributed by atoms with van der Waals surface area (Å²) in [4.78, 5) is 11.7. The molecular formula is C14H18N2O2. The highest BCUT2D eigenvalue weighted by Gasteiger charge is 2.38. The van der Waals surface area contributed by atoms with Crippen molar-refractivity contribution in [3.8, 4) is 0 Å². The van der Waals surface area contributed by atoms with Crippen molar-refractivity contribution >= 4 is 6.09 Å². The molecule has 0 aromatic heterocycles. The Balaban J connectivity index is 1.42. The van der Waals surface area contributed by atoms with Crippen LogP contribution in [0.2, 0.25) is 0 Å². The minimum absolute atomic E-state index is 0.276. The molecule has 4 heteroatoms. The third kappa shape index (κ3) is 2.64. The highest BCUT2D eigenvalue weighted by atomic mass is 16.5.